The number of pyridine rings is 1. The lowest BCUT2D eigenvalue weighted by Gasteiger charge is -2.08. The molecule has 2 aromatic carbocycles. The number of aromatic nitrogens is 3. The molecule has 10 heteroatoms. The molecule has 0 aliphatic carbocycles. The maximum atomic E-state index is 13.2. The van der Waals surface area contributed by atoms with E-state index >= 15 is 0 Å². The zero-order valence-corrected chi connectivity index (χ0v) is 19.1. The van der Waals surface area contributed by atoms with Gasteiger partial charge >= 0.3 is 0 Å². The van der Waals surface area contributed by atoms with Gasteiger partial charge in [-0.1, -0.05) is 0 Å². The molecule has 0 atom stereocenters. The van der Waals surface area contributed by atoms with Crippen molar-refractivity contribution in [3.8, 4) is 17.2 Å². The second-order valence-electron chi connectivity index (χ2n) is 7.00. The second kappa shape index (κ2) is 10.2. The Bertz CT molecular complexity index is 1320. The molecule has 2 N–H and O–H groups in total. The predicted octanol–water partition coefficient (Wildman–Crippen LogP) is 4.53. The molecule has 0 saturated heterocycles. The van der Waals surface area contributed by atoms with Crippen LogP contribution in [0.1, 0.15) is 21.0 Å². The highest BCUT2D eigenvalue weighted by Gasteiger charge is 2.16. The van der Waals surface area contributed by atoms with Crippen LogP contribution in [0, 0.1) is 5.82 Å². The number of thioether (sulfide) groups is 1. The van der Waals surface area contributed by atoms with Crippen molar-refractivity contribution in [3.63, 3.8) is 0 Å². The van der Waals surface area contributed by atoms with Crippen LogP contribution in [0.3, 0.4) is 0 Å². The summed E-state index contributed by atoms with van der Waals surface area (Å²) in [5, 5.41) is 10.4. The minimum Gasteiger partial charge on any atom is -0.457 e. The van der Waals surface area contributed by atoms with Gasteiger partial charge in [0, 0.05) is 31.1 Å². The monoisotopic (exact) mass is 477 g/mol. The number of ether oxygens (including phenoxy) is 1. The fraction of sp³-hybridized carbons (Fsp3) is 0.0833. The smallest absolute Gasteiger partial charge is 0.276 e. The first-order chi connectivity index (χ1) is 16.5. The van der Waals surface area contributed by atoms with Crippen molar-refractivity contribution in [2.24, 2.45) is 0 Å². The summed E-state index contributed by atoms with van der Waals surface area (Å²) in [7, 11) is 1.53. The van der Waals surface area contributed by atoms with Gasteiger partial charge in [0.05, 0.1) is 5.69 Å². The van der Waals surface area contributed by atoms with E-state index in [2.05, 4.69) is 20.7 Å². The Balaban J connectivity index is 1.45. The predicted molar refractivity (Wildman–Crippen MR) is 127 cm³/mol. The van der Waals surface area contributed by atoms with Crippen LogP contribution in [0.2, 0.25) is 0 Å². The van der Waals surface area contributed by atoms with E-state index in [4.69, 9.17) is 4.74 Å². The molecule has 0 spiro atoms. The molecule has 0 aliphatic rings. The van der Waals surface area contributed by atoms with Gasteiger partial charge in [-0.15, -0.1) is 11.8 Å². The van der Waals surface area contributed by atoms with Gasteiger partial charge in [0.1, 0.15) is 28.0 Å². The summed E-state index contributed by atoms with van der Waals surface area (Å²) < 4.78 is 20.6. The topological polar surface area (TPSA) is 98.1 Å². The molecular formula is C24H20FN5O3S. The van der Waals surface area contributed by atoms with Gasteiger partial charge in [0.15, 0.2) is 5.69 Å². The molecule has 0 saturated carbocycles. The van der Waals surface area contributed by atoms with Crippen LogP contribution in [0.5, 0.6) is 11.5 Å². The Hall–Kier alpha value is -4.18. The van der Waals surface area contributed by atoms with Crippen LogP contribution < -0.4 is 15.4 Å². The number of amides is 2. The average Bonchev–Trinajstić information content (AvgIpc) is 3.30. The largest absolute Gasteiger partial charge is 0.457 e. The molecule has 0 fully saturated rings. The van der Waals surface area contributed by atoms with E-state index in [0.717, 1.165) is 5.03 Å². The standard InChI is InChI=1S/C24H20FN5O3S/c1-26-23(31)20-13-19(11-12-27-20)33-18-9-5-16(6-10-18)28-24(32)21-14-22(34-2)30(29-21)17-7-3-15(25)4-8-17/h3-14H,1-2H3,(H,26,31)(H,28,32). The summed E-state index contributed by atoms with van der Waals surface area (Å²) in [6.07, 6.45) is 3.36. The SMILES string of the molecule is CNC(=O)c1cc(Oc2ccc(NC(=O)c3cc(SC)n(-c4ccc(F)cc4)n3)cc2)ccn1. The zero-order valence-electron chi connectivity index (χ0n) is 18.3. The highest BCUT2D eigenvalue weighted by molar-refractivity contribution is 7.98. The molecule has 4 aromatic rings. The Morgan fingerprint density at radius 3 is 2.35 bits per heavy atom. The number of nitrogens with zero attached hydrogens (tertiary/aromatic N) is 3. The van der Waals surface area contributed by atoms with E-state index in [1.54, 1.807) is 53.2 Å². The summed E-state index contributed by atoms with van der Waals surface area (Å²) in [6.45, 7) is 0. The highest BCUT2D eigenvalue weighted by atomic mass is 32.2. The fourth-order valence-electron chi connectivity index (χ4n) is 3.05. The number of halogens is 1. The number of benzene rings is 2. The van der Waals surface area contributed by atoms with E-state index in [-0.39, 0.29) is 29.0 Å². The Labute approximate surface area is 199 Å². The Morgan fingerprint density at radius 2 is 1.68 bits per heavy atom. The molecule has 8 nitrogen and oxygen atoms in total. The summed E-state index contributed by atoms with van der Waals surface area (Å²) in [4.78, 5) is 28.5. The number of carbonyl (C=O) groups excluding carboxylic acids is 2. The average molecular weight is 478 g/mol. The van der Waals surface area contributed by atoms with Crippen molar-refractivity contribution in [1.29, 1.82) is 0 Å². The summed E-state index contributed by atoms with van der Waals surface area (Å²) in [5.74, 6) is -0.0503. The van der Waals surface area contributed by atoms with Gasteiger partial charge in [0.25, 0.3) is 11.8 Å². The number of rotatable bonds is 7. The molecule has 0 radical (unpaired) electrons. The van der Waals surface area contributed by atoms with E-state index in [1.807, 2.05) is 6.26 Å². The van der Waals surface area contributed by atoms with Gasteiger partial charge in [-0.2, -0.15) is 5.10 Å². The number of nitrogens with one attached hydrogen (secondary N) is 2. The minimum atomic E-state index is -0.380. The van der Waals surface area contributed by atoms with Gasteiger partial charge in [0.2, 0.25) is 0 Å². The van der Waals surface area contributed by atoms with Crippen molar-refractivity contribution < 1.29 is 18.7 Å². The number of hydrogen-bond donors (Lipinski definition) is 2. The normalized spacial score (nSPS) is 10.6. The van der Waals surface area contributed by atoms with Crippen LogP contribution >= 0.6 is 11.8 Å². The Kier molecular flexibility index (Phi) is 6.88. The van der Waals surface area contributed by atoms with Crippen LogP contribution in [-0.4, -0.2) is 39.9 Å². The highest BCUT2D eigenvalue weighted by Crippen LogP contribution is 2.25. The van der Waals surface area contributed by atoms with Crippen LogP contribution in [0.25, 0.3) is 5.69 Å². The molecule has 2 amide bonds. The molecule has 2 heterocycles. The van der Waals surface area contributed by atoms with Crippen molar-refractivity contribution in [1.82, 2.24) is 20.1 Å². The second-order valence-corrected chi connectivity index (χ2v) is 7.82. The molecule has 4 rings (SSSR count). The van der Waals surface area contributed by atoms with Crippen LogP contribution in [-0.2, 0) is 0 Å². The third-order valence-electron chi connectivity index (χ3n) is 4.73. The summed E-state index contributed by atoms with van der Waals surface area (Å²) in [5.41, 5.74) is 1.68. The van der Waals surface area contributed by atoms with Gasteiger partial charge in [-0.3, -0.25) is 14.6 Å². The maximum absolute atomic E-state index is 13.2. The molecular weight excluding hydrogens is 457 g/mol. The first kappa shape index (κ1) is 23.0. The first-order valence-corrected chi connectivity index (χ1v) is 11.4. The van der Waals surface area contributed by atoms with E-state index < -0.39 is 0 Å². The number of anilines is 1. The summed E-state index contributed by atoms with van der Waals surface area (Å²) >= 11 is 1.43. The molecule has 172 valence electrons. The van der Waals surface area contributed by atoms with Gasteiger partial charge < -0.3 is 15.4 Å². The van der Waals surface area contributed by atoms with E-state index in [9.17, 15) is 14.0 Å². The quantitative estimate of drug-likeness (QED) is 0.380. The molecule has 0 aliphatic heterocycles. The number of carbonyl (C=O) groups is 2. The van der Waals surface area contributed by atoms with Crippen molar-refractivity contribution in [2.75, 3.05) is 18.6 Å². The van der Waals surface area contributed by atoms with Gasteiger partial charge in [-0.05, 0) is 60.9 Å². The van der Waals surface area contributed by atoms with Crippen molar-refractivity contribution in [3.05, 3.63) is 90.1 Å². The number of hydrogen-bond acceptors (Lipinski definition) is 6. The van der Waals surface area contributed by atoms with E-state index in [1.165, 1.54) is 43.2 Å². The van der Waals surface area contributed by atoms with Crippen LogP contribution in [0.15, 0.2) is 78.0 Å². The fourth-order valence-corrected chi connectivity index (χ4v) is 3.60. The lowest BCUT2D eigenvalue weighted by molar-refractivity contribution is 0.0957. The van der Waals surface area contributed by atoms with Gasteiger partial charge in [-0.25, -0.2) is 9.07 Å². The third-order valence-corrected chi connectivity index (χ3v) is 5.44. The minimum absolute atomic E-state index is 0.229. The van der Waals surface area contributed by atoms with Crippen molar-refractivity contribution >= 4 is 29.3 Å². The first-order valence-electron chi connectivity index (χ1n) is 10.1. The van der Waals surface area contributed by atoms with E-state index in [0.29, 0.717) is 22.9 Å². The third kappa shape index (κ3) is 5.24. The van der Waals surface area contributed by atoms with Crippen molar-refractivity contribution in [2.45, 2.75) is 5.03 Å². The molecule has 0 bridgehead atoms. The zero-order chi connectivity index (χ0) is 24.1. The molecule has 34 heavy (non-hydrogen) atoms. The van der Waals surface area contributed by atoms with Crippen LogP contribution in [0.4, 0.5) is 10.1 Å². The summed E-state index contributed by atoms with van der Waals surface area (Å²) in [6, 6.07) is 17.5. The Morgan fingerprint density at radius 1 is 0.941 bits per heavy atom. The molecule has 2 aromatic heterocycles. The lowest BCUT2D eigenvalue weighted by atomic mass is 10.3. The lowest BCUT2D eigenvalue weighted by Crippen LogP contribution is -2.18. The maximum Gasteiger partial charge on any atom is 0.276 e. The molecule has 0 unspecified atom stereocenters.